The molecule has 0 spiro atoms. The predicted octanol–water partition coefficient (Wildman–Crippen LogP) is -0.228. The van der Waals surface area contributed by atoms with E-state index in [1.54, 1.807) is 13.8 Å². The zero-order valence-electron chi connectivity index (χ0n) is 8.84. The van der Waals surface area contributed by atoms with Gasteiger partial charge in [0.25, 0.3) is 0 Å². The van der Waals surface area contributed by atoms with E-state index in [9.17, 15) is 5.11 Å². The maximum atomic E-state index is 9.47. The Morgan fingerprint density at radius 3 is 2.67 bits per heavy atom. The van der Waals surface area contributed by atoms with E-state index in [0.717, 1.165) is 0 Å². The summed E-state index contributed by atoms with van der Waals surface area (Å²) >= 11 is 0. The summed E-state index contributed by atoms with van der Waals surface area (Å²) in [5.41, 5.74) is 0.618. The first-order valence-electron chi connectivity index (χ1n) is 4.93. The van der Waals surface area contributed by atoms with Crippen LogP contribution in [0.3, 0.4) is 0 Å². The summed E-state index contributed by atoms with van der Waals surface area (Å²) in [6, 6.07) is 0. The van der Waals surface area contributed by atoms with E-state index in [0.29, 0.717) is 5.57 Å². The summed E-state index contributed by atoms with van der Waals surface area (Å²) < 4.78 is 16.5. The van der Waals surface area contributed by atoms with Crippen LogP contribution in [-0.4, -0.2) is 47.2 Å². The van der Waals surface area contributed by atoms with Crippen LogP contribution < -0.4 is 0 Å². The van der Waals surface area contributed by atoms with Crippen LogP contribution in [0.2, 0.25) is 0 Å². The topological polar surface area (TPSA) is 68.2 Å². The molecule has 0 aliphatic carbocycles. The lowest BCUT2D eigenvalue weighted by atomic mass is 10.0. The normalized spacial score (nSPS) is 40.5. The molecule has 4 atom stereocenters. The number of hydrogen-bond donors (Lipinski definition) is 2. The third-order valence-corrected chi connectivity index (χ3v) is 2.61. The summed E-state index contributed by atoms with van der Waals surface area (Å²) in [5, 5.41) is 18.3. The molecule has 5 heteroatoms. The fraction of sp³-hybridized carbons (Fsp3) is 0.800. The molecule has 86 valence electrons. The second kappa shape index (κ2) is 3.54. The molecule has 2 heterocycles. The van der Waals surface area contributed by atoms with Crippen LogP contribution in [0.25, 0.3) is 0 Å². The molecule has 2 N–H and O–H groups in total. The first-order chi connectivity index (χ1) is 6.94. The molecule has 0 radical (unpaired) electrons. The first kappa shape index (κ1) is 11.0. The van der Waals surface area contributed by atoms with Crippen molar-refractivity contribution in [1.29, 1.82) is 0 Å². The van der Waals surface area contributed by atoms with E-state index in [-0.39, 0.29) is 12.7 Å². The molecule has 2 aliphatic rings. The molecule has 2 rings (SSSR count). The second-order valence-corrected chi connectivity index (χ2v) is 4.31. The van der Waals surface area contributed by atoms with Gasteiger partial charge in [-0.1, -0.05) is 6.58 Å². The van der Waals surface area contributed by atoms with Crippen LogP contribution in [0.4, 0.5) is 0 Å². The number of aliphatic hydroxyl groups is 2. The maximum Gasteiger partial charge on any atom is 0.191 e. The lowest BCUT2D eigenvalue weighted by molar-refractivity contribution is -0.209. The van der Waals surface area contributed by atoms with Gasteiger partial charge in [-0.05, 0) is 19.4 Å². The molecule has 0 amide bonds. The summed E-state index contributed by atoms with van der Waals surface area (Å²) in [5.74, 6) is -0.687. The molecule has 5 nitrogen and oxygen atoms in total. The molecule has 2 fully saturated rings. The number of aliphatic hydroxyl groups excluding tert-OH is 2. The van der Waals surface area contributed by atoms with E-state index >= 15 is 0 Å². The molecule has 0 aromatic carbocycles. The minimum absolute atomic E-state index is 0.355. The van der Waals surface area contributed by atoms with E-state index in [1.807, 2.05) is 0 Å². The average Bonchev–Trinajstić information content (AvgIpc) is 2.60. The average molecular weight is 216 g/mol. The smallest absolute Gasteiger partial charge is 0.191 e. The van der Waals surface area contributed by atoms with Gasteiger partial charge in [-0.3, -0.25) is 0 Å². The highest BCUT2D eigenvalue weighted by Gasteiger charge is 2.52. The van der Waals surface area contributed by atoms with Crippen molar-refractivity contribution >= 4 is 0 Å². The molecule has 0 bridgehead atoms. The van der Waals surface area contributed by atoms with Gasteiger partial charge in [0, 0.05) is 0 Å². The summed E-state index contributed by atoms with van der Waals surface area (Å²) in [6.45, 7) is 7.03. The predicted molar refractivity (Wildman–Crippen MR) is 50.9 cm³/mol. The highest BCUT2D eigenvalue weighted by Crippen LogP contribution is 2.40. The molecule has 0 saturated carbocycles. The van der Waals surface area contributed by atoms with E-state index in [1.165, 1.54) is 0 Å². The zero-order valence-corrected chi connectivity index (χ0v) is 8.84. The number of fused-ring (bicyclic) bond motifs is 1. The standard InChI is InChI=1S/C10H16O5/c1-5-7(6(12)4-11)13-9-8(5)14-10(2,3)15-9/h6-9,11-12H,1,4H2,2-3H3/t6-,7+,8-,9-/m1/s1. The Balaban J connectivity index is 2.08. The molecule has 15 heavy (non-hydrogen) atoms. The van der Waals surface area contributed by atoms with Gasteiger partial charge in [0.1, 0.15) is 18.3 Å². The maximum absolute atomic E-state index is 9.47. The van der Waals surface area contributed by atoms with E-state index in [2.05, 4.69) is 6.58 Å². The molecule has 2 saturated heterocycles. The van der Waals surface area contributed by atoms with Crippen LogP contribution in [0.15, 0.2) is 12.2 Å². The SMILES string of the molecule is C=C1[C@H]2OC(C)(C)O[C@H]2O[C@@H]1[C@H](O)CO. The van der Waals surface area contributed by atoms with Crippen molar-refractivity contribution in [3.05, 3.63) is 12.2 Å². The van der Waals surface area contributed by atoms with Gasteiger partial charge in [-0.2, -0.15) is 0 Å². The molecule has 0 aromatic rings. The lowest BCUT2D eigenvalue weighted by Crippen LogP contribution is -2.33. The second-order valence-electron chi connectivity index (χ2n) is 4.31. The van der Waals surface area contributed by atoms with E-state index < -0.39 is 24.3 Å². The van der Waals surface area contributed by atoms with Gasteiger partial charge >= 0.3 is 0 Å². The lowest BCUT2D eigenvalue weighted by Gasteiger charge is -2.23. The summed E-state index contributed by atoms with van der Waals surface area (Å²) in [4.78, 5) is 0. The highest BCUT2D eigenvalue weighted by molar-refractivity contribution is 5.19. The van der Waals surface area contributed by atoms with Crippen molar-refractivity contribution < 1.29 is 24.4 Å². The van der Waals surface area contributed by atoms with Crippen LogP contribution in [-0.2, 0) is 14.2 Å². The van der Waals surface area contributed by atoms with Gasteiger partial charge in [-0.15, -0.1) is 0 Å². The van der Waals surface area contributed by atoms with Gasteiger partial charge in [0.15, 0.2) is 12.1 Å². The van der Waals surface area contributed by atoms with E-state index in [4.69, 9.17) is 19.3 Å². The monoisotopic (exact) mass is 216 g/mol. The largest absolute Gasteiger partial charge is 0.394 e. The zero-order chi connectivity index (χ0) is 11.2. The Morgan fingerprint density at radius 2 is 2.13 bits per heavy atom. The van der Waals surface area contributed by atoms with Crippen molar-refractivity contribution in [2.24, 2.45) is 0 Å². The third-order valence-electron chi connectivity index (χ3n) is 2.61. The Hall–Kier alpha value is -0.460. The summed E-state index contributed by atoms with van der Waals surface area (Å²) in [7, 11) is 0. The minimum atomic E-state index is -0.974. The number of rotatable bonds is 2. The Bertz CT molecular complexity index is 275. The van der Waals surface area contributed by atoms with Crippen molar-refractivity contribution in [1.82, 2.24) is 0 Å². The Kier molecular flexibility index (Phi) is 2.60. The van der Waals surface area contributed by atoms with Gasteiger partial charge in [0.2, 0.25) is 0 Å². The number of ether oxygens (including phenoxy) is 3. The van der Waals surface area contributed by atoms with Gasteiger partial charge < -0.3 is 24.4 Å². The minimum Gasteiger partial charge on any atom is -0.394 e. The quantitative estimate of drug-likeness (QED) is 0.624. The van der Waals surface area contributed by atoms with Crippen LogP contribution in [0.1, 0.15) is 13.8 Å². The molecule has 2 aliphatic heterocycles. The first-order valence-corrected chi connectivity index (χ1v) is 4.93. The van der Waals surface area contributed by atoms with Crippen LogP contribution in [0, 0.1) is 0 Å². The summed E-state index contributed by atoms with van der Waals surface area (Å²) in [6.07, 6.45) is -2.47. The fourth-order valence-electron chi connectivity index (χ4n) is 1.91. The molecule has 0 unspecified atom stereocenters. The van der Waals surface area contributed by atoms with Crippen LogP contribution in [0.5, 0.6) is 0 Å². The highest BCUT2D eigenvalue weighted by atomic mass is 16.8. The van der Waals surface area contributed by atoms with Crippen LogP contribution >= 0.6 is 0 Å². The fourth-order valence-corrected chi connectivity index (χ4v) is 1.91. The number of hydrogen-bond acceptors (Lipinski definition) is 5. The molecular formula is C10H16O5. The van der Waals surface area contributed by atoms with Crippen molar-refractivity contribution in [3.63, 3.8) is 0 Å². The van der Waals surface area contributed by atoms with Crippen molar-refractivity contribution in [2.45, 2.75) is 44.2 Å². The van der Waals surface area contributed by atoms with Crippen molar-refractivity contribution in [3.8, 4) is 0 Å². The van der Waals surface area contributed by atoms with Gasteiger partial charge in [0.05, 0.1) is 6.61 Å². The Labute approximate surface area is 88.3 Å². The molecular weight excluding hydrogens is 200 g/mol. The molecule has 0 aromatic heterocycles. The van der Waals surface area contributed by atoms with Crippen molar-refractivity contribution in [2.75, 3.05) is 6.61 Å². The third kappa shape index (κ3) is 1.81. The van der Waals surface area contributed by atoms with Gasteiger partial charge in [-0.25, -0.2) is 0 Å². The Morgan fingerprint density at radius 1 is 1.47 bits per heavy atom.